The average molecular weight is 249 g/mol. The first-order valence-electron chi connectivity index (χ1n) is 6.73. The van der Waals surface area contributed by atoms with Crippen LogP contribution in [-0.2, 0) is 22.6 Å². The summed E-state index contributed by atoms with van der Waals surface area (Å²) in [5, 5.41) is 3.50. The first kappa shape index (κ1) is 13.5. The molecule has 1 fully saturated rings. The molecule has 1 aliphatic heterocycles. The molecule has 0 aromatic heterocycles. The molecule has 0 saturated carbocycles. The second-order valence-corrected chi connectivity index (χ2v) is 4.95. The molecule has 1 heterocycles. The highest BCUT2D eigenvalue weighted by molar-refractivity contribution is 5.22. The van der Waals surface area contributed by atoms with Gasteiger partial charge in [0.25, 0.3) is 0 Å². The van der Waals surface area contributed by atoms with Gasteiger partial charge in [-0.15, -0.1) is 0 Å². The molecule has 2 rings (SSSR count). The second kappa shape index (κ2) is 7.52. The van der Waals surface area contributed by atoms with E-state index < -0.39 is 0 Å². The van der Waals surface area contributed by atoms with E-state index in [2.05, 4.69) is 29.6 Å². The van der Waals surface area contributed by atoms with Crippen molar-refractivity contribution in [2.45, 2.75) is 26.0 Å². The number of rotatable bonds is 7. The van der Waals surface area contributed by atoms with Crippen molar-refractivity contribution in [1.29, 1.82) is 0 Å². The SMILES string of the molecule is COCc1cccc(CNCCC2CCOC2)c1. The summed E-state index contributed by atoms with van der Waals surface area (Å²) in [6.45, 7) is 4.59. The molecule has 0 aliphatic carbocycles. The Morgan fingerprint density at radius 2 is 2.28 bits per heavy atom. The van der Waals surface area contributed by atoms with Crippen LogP contribution in [0.25, 0.3) is 0 Å². The van der Waals surface area contributed by atoms with Crippen LogP contribution in [0.5, 0.6) is 0 Å². The maximum Gasteiger partial charge on any atom is 0.0713 e. The van der Waals surface area contributed by atoms with Gasteiger partial charge in [0.05, 0.1) is 6.61 Å². The highest BCUT2D eigenvalue weighted by atomic mass is 16.5. The van der Waals surface area contributed by atoms with E-state index in [4.69, 9.17) is 9.47 Å². The van der Waals surface area contributed by atoms with Crippen LogP contribution in [0.2, 0.25) is 0 Å². The highest BCUT2D eigenvalue weighted by Gasteiger charge is 2.14. The van der Waals surface area contributed by atoms with Crippen LogP contribution in [0, 0.1) is 5.92 Å². The van der Waals surface area contributed by atoms with Gasteiger partial charge in [0, 0.05) is 26.9 Å². The summed E-state index contributed by atoms with van der Waals surface area (Å²) < 4.78 is 10.5. The Labute approximate surface area is 109 Å². The summed E-state index contributed by atoms with van der Waals surface area (Å²) >= 11 is 0. The molecule has 1 aromatic rings. The van der Waals surface area contributed by atoms with Crippen LogP contribution in [0.4, 0.5) is 0 Å². The molecule has 3 heteroatoms. The summed E-state index contributed by atoms with van der Waals surface area (Å²) in [5.41, 5.74) is 2.56. The van der Waals surface area contributed by atoms with Crippen LogP contribution in [0.1, 0.15) is 24.0 Å². The topological polar surface area (TPSA) is 30.5 Å². The van der Waals surface area contributed by atoms with Gasteiger partial charge in [-0.2, -0.15) is 0 Å². The summed E-state index contributed by atoms with van der Waals surface area (Å²) in [7, 11) is 1.73. The summed E-state index contributed by atoms with van der Waals surface area (Å²) in [6.07, 6.45) is 2.45. The number of methoxy groups -OCH3 is 1. The van der Waals surface area contributed by atoms with Crippen molar-refractivity contribution in [3.63, 3.8) is 0 Å². The lowest BCUT2D eigenvalue weighted by molar-refractivity contribution is 0.184. The molecular formula is C15H23NO2. The van der Waals surface area contributed by atoms with Gasteiger partial charge in [0.15, 0.2) is 0 Å². The lowest BCUT2D eigenvalue weighted by atomic mass is 10.1. The van der Waals surface area contributed by atoms with Gasteiger partial charge in [-0.25, -0.2) is 0 Å². The van der Waals surface area contributed by atoms with Crippen LogP contribution >= 0.6 is 0 Å². The van der Waals surface area contributed by atoms with Gasteiger partial charge < -0.3 is 14.8 Å². The van der Waals surface area contributed by atoms with E-state index >= 15 is 0 Å². The van der Waals surface area contributed by atoms with Crippen LogP contribution in [0.3, 0.4) is 0 Å². The molecule has 1 aliphatic rings. The van der Waals surface area contributed by atoms with E-state index in [9.17, 15) is 0 Å². The third kappa shape index (κ3) is 4.41. The smallest absolute Gasteiger partial charge is 0.0713 e. The monoisotopic (exact) mass is 249 g/mol. The van der Waals surface area contributed by atoms with E-state index in [1.807, 2.05) is 0 Å². The molecule has 3 nitrogen and oxygen atoms in total. The number of hydrogen-bond acceptors (Lipinski definition) is 3. The van der Waals surface area contributed by atoms with Crippen molar-refractivity contribution >= 4 is 0 Å². The largest absolute Gasteiger partial charge is 0.381 e. The standard InChI is InChI=1S/C15H23NO2/c1-17-11-15-4-2-3-14(9-15)10-16-7-5-13-6-8-18-12-13/h2-4,9,13,16H,5-8,10-12H2,1H3. The van der Waals surface area contributed by atoms with E-state index in [1.54, 1.807) is 7.11 Å². The number of nitrogens with one attached hydrogen (secondary N) is 1. The zero-order valence-electron chi connectivity index (χ0n) is 11.2. The lowest BCUT2D eigenvalue weighted by Gasteiger charge is -2.09. The van der Waals surface area contributed by atoms with Gasteiger partial charge in [0.2, 0.25) is 0 Å². The molecule has 1 N–H and O–H groups in total. The van der Waals surface area contributed by atoms with Gasteiger partial charge >= 0.3 is 0 Å². The number of ether oxygens (including phenoxy) is 2. The van der Waals surface area contributed by atoms with Crippen molar-refractivity contribution in [2.24, 2.45) is 5.92 Å². The first-order valence-corrected chi connectivity index (χ1v) is 6.73. The molecule has 0 bridgehead atoms. The quantitative estimate of drug-likeness (QED) is 0.752. The third-order valence-corrected chi connectivity index (χ3v) is 3.38. The average Bonchev–Trinajstić information content (AvgIpc) is 2.89. The van der Waals surface area contributed by atoms with Gasteiger partial charge in [0.1, 0.15) is 0 Å². The van der Waals surface area contributed by atoms with Crippen LogP contribution in [0.15, 0.2) is 24.3 Å². The Balaban J connectivity index is 1.67. The Kier molecular flexibility index (Phi) is 5.65. The maximum atomic E-state index is 5.37. The Morgan fingerprint density at radius 3 is 3.06 bits per heavy atom. The summed E-state index contributed by atoms with van der Waals surface area (Å²) in [4.78, 5) is 0. The lowest BCUT2D eigenvalue weighted by Crippen LogP contribution is -2.18. The van der Waals surface area contributed by atoms with Crippen molar-refractivity contribution in [3.8, 4) is 0 Å². The van der Waals surface area contributed by atoms with Gasteiger partial charge in [-0.05, 0) is 36.4 Å². The fourth-order valence-corrected chi connectivity index (χ4v) is 2.35. The molecule has 0 radical (unpaired) electrons. The molecule has 1 saturated heterocycles. The fraction of sp³-hybridized carbons (Fsp3) is 0.600. The zero-order valence-corrected chi connectivity index (χ0v) is 11.2. The van der Waals surface area contributed by atoms with Crippen molar-refractivity contribution in [1.82, 2.24) is 5.32 Å². The van der Waals surface area contributed by atoms with E-state index in [0.29, 0.717) is 6.61 Å². The molecule has 0 spiro atoms. The minimum absolute atomic E-state index is 0.688. The zero-order chi connectivity index (χ0) is 12.6. The first-order chi connectivity index (χ1) is 8.88. The second-order valence-electron chi connectivity index (χ2n) is 4.95. The molecule has 1 aromatic carbocycles. The van der Waals surface area contributed by atoms with Gasteiger partial charge in [-0.3, -0.25) is 0 Å². The minimum Gasteiger partial charge on any atom is -0.381 e. The van der Waals surface area contributed by atoms with E-state index in [-0.39, 0.29) is 0 Å². The minimum atomic E-state index is 0.688. The van der Waals surface area contributed by atoms with Crippen LogP contribution in [-0.4, -0.2) is 26.9 Å². The van der Waals surface area contributed by atoms with Gasteiger partial charge in [-0.1, -0.05) is 24.3 Å². The van der Waals surface area contributed by atoms with Crippen LogP contribution < -0.4 is 5.32 Å². The Bertz CT molecular complexity index is 348. The van der Waals surface area contributed by atoms with E-state index in [1.165, 1.54) is 24.0 Å². The Hall–Kier alpha value is -0.900. The molecular weight excluding hydrogens is 226 g/mol. The van der Waals surface area contributed by atoms with Crippen molar-refractivity contribution in [3.05, 3.63) is 35.4 Å². The Morgan fingerprint density at radius 1 is 1.39 bits per heavy atom. The molecule has 0 amide bonds. The number of benzene rings is 1. The summed E-state index contributed by atoms with van der Waals surface area (Å²) in [5.74, 6) is 0.761. The summed E-state index contributed by atoms with van der Waals surface area (Å²) in [6, 6.07) is 8.55. The van der Waals surface area contributed by atoms with Crippen molar-refractivity contribution < 1.29 is 9.47 Å². The molecule has 100 valence electrons. The molecule has 18 heavy (non-hydrogen) atoms. The number of hydrogen-bond donors (Lipinski definition) is 1. The predicted octanol–water partition coefficient (Wildman–Crippen LogP) is 2.35. The molecule has 1 unspecified atom stereocenters. The maximum absolute atomic E-state index is 5.37. The normalized spacial score (nSPS) is 19.3. The molecule has 1 atom stereocenters. The highest BCUT2D eigenvalue weighted by Crippen LogP contribution is 2.15. The van der Waals surface area contributed by atoms with E-state index in [0.717, 1.165) is 32.2 Å². The predicted molar refractivity (Wildman–Crippen MR) is 72.4 cm³/mol. The third-order valence-electron chi connectivity index (χ3n) is 3.38. The van der Waals surface area contributed by atoms with Crippen molar-refractivity contribution in [2.75, 3.05) is 26.9 Å². The fourth-order valence-electron chi connectivity index (χ4n) is 2.35.